The molecule has 0 saturated heterocycles. The molecule has 3 aromatic carbocycles. The van der Waals surface area contributed by atoms with Gasteiger partial charge in [-0.1, -0.05) is 30.3 Å². The molecule has 4 N–H and O–H groups in total. The van der Waals surface area contributed by atoms with Crippen molar-refractivity contribution in [3.63, 3.8) is 0 Å². The summed E-state index contributed by atoms with van der Waals surface area (Å²) < 4.78 is 46.5. The van der Waals surface area contributed by atoms with E-state index in [1.54, 1.807) is 24.3 Å². The number of aliphatic imine (C=N–C) groups is 1. The van der Waals surface area contributed by atoms with Crippen molar-refractivity contribution in [1.29, 1.82) is 0 Å². The van der Waals surface area contributed by atoms with Crippen LogP contribution in [-0.4, -0.2) is 10.2 Å². The van der Waals surface area contributed by atoms with Gasteiger partial charge in [-0.05, 0) is 65.6 Å². The summed E-state index contributed by atoms with van der Waals surface area (Å²) in [5, 5.41) is 3.60. The Balaban J connectivity index is 1.46. The van der Waals surface area contributed by atoms with Gasteiger partial charge in [0.15, 0.2) is 0 Å². The summed E-state index contributed by atoms with van der Waals surface area (Å²) in [6.45, 7) is 0.0320. The molecule has 0 radical (unpaired) electrons. The number of rotatable bonds is 7. The minimum atomic E-state index is -4.41. The molecular weight excluding hydrogens is 465 g/mol. The fourth-order valence-corrected chi connectivity index (χ4v) is 3.80. The molecule has 0 aliphatic rings. The van der Waals surface area contributed by atoms with Gasteiger partial charge in [0.05, 0.1) is 12.1 Å². The number of nitrogens with two attached hydrogens (primary N) is 1. The van der Waals surface area contributed by atoms with Crippen LogP contribution in [0.5, 0.6) is 11.5 Å². The average molecular weight is 485 g/mol. The molecule has 174 valence electrons. The molecule has 0 atom stereocenters. The number of para-hydroxylation sites is 1. The fourth-order valence-electron chi connectivity index (χ4n) is 3.04. The van der Waals surface area contributed by atoms with E-state index in [1.165, 1.54) is 12.1 Å². The molecule has 0 saturated carbocycles. The quantitative estimate of drug-likeness (QED) is 0.225. The van der Waals surface area contributed by atoms with Crippen molar-refractivity contribution >= 4 is 28.1 Å². The van der Waals surface area contributed by atoms with Gasteiger partial charge in [0.25, 0.3) is 5.56 Å². The molecule has 34 heavy (non-hydrogen) atoms. The highest BCUT2D eigenvalue weighted by molar-refractivity contribution is 7.10. The first-order valence-electron chi connectivity index (χ1n) is 10.1. The Kier molecular flexibility index (Phi) is 6.69. The lowest BCUT2D eigenvalue weighted by Gasteiger charge is -2.09. The number of aromatic amines is 1. The lowest BCUT2D eigenvalue weighted by molar-refractivity contribution is -0.137. The van der Waals surface area contributed by atoms with Crippen LogP contribution in [0.4, 0.5) is 23.9 Å². The van der Waals surface area contributed by atoms with Crippen LogP contribution in [0.3, 0.4) is 0 Å². The number of benzene rings is 3. The van der Waals surface area contributed by atoms with E-state index in [1.807, 2.05) is 30.3 Å². The second-order valence-corrected chi connectivity index (χ2v) is 8.01. The predicted molar refractivity (Wildman–Crippen MR) is 127 cm³/mol. The molecule has 1 aromatic heterocycles. The summed E-state index contributed by atoms with van der Waals surface area (Å²) in [4.78, 5) is 16.5. The van der Waals surface area contributed by atoms with Crippen LogP contribution in [0.25, 0.3) is 0 Å². The van der Waals surface area contributed by atoms with E-state index < -0.39 is 17.3 Å². The van der Waals surface area contributed by atoms with Gasteiger partial charge in [-0.15, -0.1) is 0 Å². The van der Waals surface area contributed by atoms with Crippen molar-refractivity contribution < 1.29 is 17.9 Å². The predicted octanol–water partition coefficient (Wildman–Crippen LogP) is 5.90. The third-order valence-corrected chi connectivity index (χ3v) is 5.56. The number of ether oxygens (including phenoxy) is 1. The van der Waals surface area contributed by atoms with Crippen LogP contribution in [-0.2, 0) is 12.7 Å². The van der Waals surface area contributed by atoms with Crippen LogP contribution < -0.4 is 21.3 Å². The third kappa shape index (κ3) is 5.65. The minimum absolute atomic E-state index is 0.0195. The van der Waals surface area contributed by atoms with Gasteiger partial charge in [0.2, 0.25) is 0 Å². The van der Waals surface area contributed by atoms with Crippen LogP contribution in [0.15, 0.2) is 88.6 Å². The molecule has 10 heteroatoms. The summed E-state index contributed by atoms with van der Waals surface area (Å²) in [7, 11) is 0. The zero-order valence-electron chi connectivity index (χ0n) is 17.6. The van der Waals surface area contributed by atoms with Gasteiger partial charge in [0.1, 0.15) is 27.9 Å². The molecule has 6 nitrogen and oxygen atoms in total. The SMILES string of the molecule is NC(=NCc1ccc(C(F)(F)F)cc1)c1c(Nc2ccc(Oc3ccccc3)cc2)s[nH]c1=O. The summed E-state index contributed by atoms with van der Waals surface area (Å²) in [6.07, 6.45) is -4.41. The van der Waals surface area contributed by atoms with Crippen LogP contribution in [0.2, 0.25) is 0 Å². The van der Waals surface area contributed by atoms with Crippen molar-refractivity contribution in [2.75, 3.05) is 5.32 Å². The van der Waals surface area contributed by atoms with E-state index in [2.05, 4.69) is 14.7 Å². The van der Waals surface area contributed by atoms with Gasteiger partial charge >= 0.3 is 6.18 Å². The first kappa shape index (κ1) is 23.1. The van der Waals surface area contributed by atoms with E-state index in [0.717, 1.165) is 23.7 Å². The van der Waals surface area contributed by atoms with Crippen LogP contribution in [0.1, 0.15) is 16.7 Å². The highest BCUT2D eigenvalue weighted by Gasteiger charge is 2.29. The Morgan fingerprint density at radius 3 is 2.26 bits per heavy atom. The molecule has 0 bridgehead atoms. The maximum atomic E-state index is 12.7. The Morgan fingerprint density at radius 2 is 1.62 bits per heavy atom. The average Bonchev–Trinajstić information content (AvgIpc) is 3.19. The zero-order valence-corrected chi connectivity index (χ0v) is 18.4. The molecular formula is C24H19F3N4O2S. The number of nitrogens with zero attached hydrogens (tertiary/aromatic N) is 1. The van der Waals surface area contributed by atoms with E-state index >= 15 is 0 Å². The number of alkyl halides is 3. The van der Waals surface area contributed by atoms with E-state index in [9.17, 15) is 18.0 Å². The number of halogens is 3. The Hall–Kier alpha value is -4.05. The lowest BCUT2D eigenvalue weighted by Crippen LogP contribution is -2.22. The molecule has 0 fully saturated rings. The first-order chi connectivity index (χ1) is 16.3. The molecule has 0 aliphatic carbocycles. The molecule has 4 rings (SSSR count). The third-order valence-electron chi connectivity index (χ3n) is 4.76. The highest BCUT2D eigenvalue weighted by atomic mass is 32.1. The Morgan fingerprint density at radius 1 is 0.971 bits per heavy atom. The van der Waals surface area contributed by atoms with Crippen molar-refractivity contribution in [2.45, 2.75) is 12.7 Å². The van der Waals surface area contributed by atoms with Gasteiger partial charge in [-0.3, -0.25) is 14.2 Å². The lowest BCUT2D eigenvalue weighted by atomic mass is 10.1. The number of hydrogen-bond donors (Lipinski definition) is 3. The molecule has 1 heterocycles. The van der Waals surface area contributed by atoms with Crippen molar-refractivity contribution in [3.8, 4) is 11.5 Å². The number of aromatic nitrogens is 1. The molecule has 0 spiro atoms. The zero-order chi connectivity index (χ0) is 24.1. The first-order valence-corrected chi connectivity index (χ1v) is 10.9. The van der Waals surface area contributed by atoms with E-state index in [4.69, 9.17) is 10.5 Å². The van der Waals surface area contributed by atoms with Crippen molar-refractivity contribution in [3.05, 3.63) is 106 Å². The minimum Gasteiger partial charge on any atom is -0.457 e. The number of nitrogens with one attached hydrogen (secondary N) is 2. The second-order valence-electron chi connectivity index (χ2n) is 7.20. The van der Waals surface area contributed by atoms with Crippen LogP contribution in [0, 0.1) is 0 Å². The number of hydrogen-bond acceptors (Lipinski definition) is 5. The van der Waals surface area contributed by atoms with Crippen molar-refractivity contribution in [2.24, 2.45) is 10.7 Å². The van der Waals surface area contributed by atoms with E-state index in [0.29, 0.717) is 27.8 Å². The highest BCUT2D eigenvalue weighted by Crippen LogP contribution is 2.29. The maximum Gasteiger partial charge on any atom is 0.416 e. The topological polar surface area (TPSA) is 92.5 Å². The number of H-pyrrole nitrogens is 1. The summed E-state index contributed by atoms with van der Waals surface area (Å²) >= 11 is 1.07. The smallest absolute Gasteiger partial charge is 0.416 e. The number of amidine groups is 1. The molecule has 0 amide bonds. The van der Waals surface area contributed by atoms with Gasteiger partial charge < -0.3 is 15.8 Å². The largest absolute Gasteiger partial charge is 0.457 e. The maximum absolute atomic E-state index is 12.7. The monoisotopic (exact) mass is 484 g/mol. The Labute approximate surface area is 196 Å². The second kappa shape index (κ2) is 9.84. The van der Waals surface area contributed by atoms with Crippen molar-refractivity contribution in [1.82, 2.24) is 4.37 Å². The summed E-state index contributed by atoms with van der Waals surface area (Å²) in [6, 6.07) is 21.1. The standard InChI is InChI=1S/C24H19F3N4O2S/c25-24(26,27)16-8-6-15(7-9-16)14-29-21(28)20-22(32)31-34-23(20)30-17-10-12-19(13-11-17)33-18-4-2-1-3-5-18/h1-13,30H,14H2,(H2,28,29)(H,31,32). The van der Waals surface area contributed by atoms with Gasteiger partial charge in [-0.25, -0.2) is 0 Å². The fraction of sp³-hybridized carbons (Fsp3) is 0.0833. The molecule has 0 aliphatic heterocycles. The molecule has 4 aromatic rings. The molecule has 0 unspecified atom stereocenters. The Bertz CT molecular complexity index is 1330. The normalized spacial score (nSPS) is 11.9. The summed E-state index contributed by atoms with van der Waals surface area (Å²) in [5.41, 5.74) is 6.30. The van der Waals surface area contributed by atoms with Gasteiger partial charge in [0, 0.05) is 5.69 Å². The van der Waals surface area contributed by atoms with Crippen LogP contribution >= 0.6 is 11.5 Å². The number of anilines is 2. The van der Waals surface area contributed by atoms with Gasteiger partial charge in [-0.2, -0.15) is 13.2 Å². The van der Waals surface area contributed by atoms with E-state index in [-0.39, 0.29) is 17.9 Å². The summed E-state index contributed by atoms with van der Waals surface area (Å²) in [5.74, 6) is 1.34.